The van der Waals surface area contributed by atoms with Gasteiger partial charge in [-0.3, -0.25) is 4.79 Å². The quantitative estimate of drug-likeness (QED) is 0.755. The van der Waals surface area contributed by atoms with E-state index in [1.807, 2.05) is 24.3 Å². The normalized spacial score (nSPS) is 17.3. The topological polar surface area (TPSA) is 77.2 Å². The van der Waals surface area contributed by atoms with E-state index in [9.17, 15) is 4.79 Å². The molecule has 0 radical (unpaired) electrons. The Morgan fingerprint density at radius 1 is 1.43 bits per heavy atom. The van der Waals surface area contributed by atoms with Crippen molar-refractivity contribution in [2.45, 2.75) is 24.2 Å². The predicted octanol–water partition coefficient (Wildman–Crippen LogP) is 2.89. The van der Waals surface area contributed by atoms with Crippen molar-refractivity contribution in [1.29, 1.82) is 0 Å². The summed E-state index contributed by atoms with van der Waals surface area (Å²) in [6, 6.07) is 7.61. The average molecular weight is 398 g/mol. The van der Waals surface area contributed by atoms with Crippen LogP contribution in [-0.2, 0) is 9.53 Å². The lowest BCUT2D eigenvalue weighted by atomic mass is 10.2. The number of hydrogen-bond acceptors (Lipinski definition) is 6. The molecule has 23 heavy (non-hydrogen) atoms. The number of benzene rings is 1. The maximum absolute atomic E-state index is 11.8. The molecular weight excluding hydrogens is 382 g/mol. The highest BCUT2D eigenvalue weighted by atomic mass is 79.9. The summed E-state index contributed by atoms with van der Waals surface area (Å²) in [5.74, 6) is 0.619. The SMILES string of the molecule is O=C(CSc1nnc(-c2cccc(Br)c2)o1)NC[C@@H]1CCCO1. The summed E-state index contributed by atoms with van der Waals surface area (Å²) in [7, 11) is 0. The van der Waals surface area contributed by atoms with E-state index in [1.165, 1.54) is 11.8 Å². The number of amides is 1. The first-order chi connectivity index (χ1) is 11.2. The molecule has 1 aromatic heterocycles. The highest BCUT2D eigenvalue weighted by Crippen LogP contribution is 2.25. The molecule has 1 fully saturated rings. The highest BCUT2D eigenvalue weighted by Gasteiger charge is 2.17. The van der Waals surface area contributed by atoms with Crippen LogP contribution in [0.1, 0.15) is 12.8 Å². The van der Waals surface area contributed by atoms with E-state index in [-0.39, 0.29) is 17.8 Å². The van der Waals surface area contributed by atoms with Gasteiger partial charge in [0.15, 0.2) is 0 Å². The number of thioether (sulfide) groups is 1. The van der Waals surface area contributed by atoms with Crippen LogP contribution >= 0.6 is 27.7 Å². The fourth-order valence-electron chi connectivity index (χ4n) is 2.22. The second kappa shape index (κ2) is 7.94. The number of hydrogen-bond donors (Lipinski definition) is 1. The van der Waals surface area contributed by atoms with Crippen molar-refractivity contribution < 1.29 is 13.9 Å². The molecule has 0 aliphatic carbocycles. The van der Waals surface area contributed by atoms with Crippen molar-refractivity contribution in [3.05, 3.63) is 28.7 Å². The molecule has 8 heteroatoms. The number of carbonyl (C=O) groups excluding carboxylic acids is 1. The molecule has 122 valence electrons. The maximum Gasteiger partial charge on any atom is 0.277 e. The Morgan fingerprint density at radius 2 is 2.35 bits per heavy atom. The molecule has 1 amide bonds. The molecule has 1 aromatic carbocycles. The minimum absolute atomic E-state index is 0.0623. The van der Waals surface area contributed by atoms with Crippen LogP contribution in [0.25, 0.3) is 11.5 Å². The van der Waals surface area contributed by atoms with Crippen LogP contribution in [0, 0.1) is 0 Å². The van der Waals surface area contributed by atoms with Crippen molar-refractivity contribution in [3.8, 4) is 11.5 Å². The Labute approximate surface area is 146 Å². The van der Waals surface area contributed by atoms with Crippen LogP contribution in [0.5, 0.6) is 0 Å². The monoisotopic (exact) mass is 397 g/mol. The molecule has 0 unspecified atom stereocenters. The second-order valence-corrected chi connectivity index (χ2v) is 6.95. The van der Waals surface area contributed by atoms with Gasteiger partial charge in [0.25, 0.3) is 5.22 Å². The van der Waals surface area contributed by atoms with Gasteiger partial charge in [0.05, 0.1) is 11.9 Å². The lowest BCUT2D eigenvalue weighted by Gasteiger charge is -2.09. The summed E-state index contributed by atoms with van der Waals surface area (Å²) in [6.07, 6.45) is 2.22. The summed E-state index contributed by atoms with van der Waals surface area (Å²) in [4.78, 5) is 11.8. The smallest absolute Gasteiger partial charge is 0.277 e. The van der Waals surface area contributed by atoms with E-state index in [2.05, 4.69) is 31.4 Å². The zero-order chi connectivity index (χ0) is 16.1. The van der Waals surface area contributed by atoms with Crippen LogP contribution in [0.2, 0.25) is 0 Å². The minimum Gasteiger partial charge on any atom is -0.411 e. The van der Waals surface area contributed by atoms with Crippen LogP contribution < -0.4 is 5.32 Å². The predicted molar refractivity (Wildman–Crippen MR) is 90.1 cm³/mol. The van der Waals surface area contributed by atoms with Crippen molar-refractivity contribution in [1.82, 2.24) is 15.5 Å². The number of carbonyl (C=O) groups is 1. The summed E-state index contributed by atoms with van der Waals surface area (Å²) < 4.78 is 12.0. The molecule has 1 atom stereocenters. The van der Waals surface area contributed by atoms with Gasteiger partial charge in [0.1, 0.15) is 0 Å². The van der Waals surface area contributed by atoms with Gasteiger partial charge in [-0.25, -0.2) is 0 Å². The van der Waals surface area contributed by atoms with Gasteiger partial charge in [-0.15, -0.1) is 10.2 Å². The molecule has 1 aliphatic rings. The fraction of sp³-hybridized carbons (Fsp3) is 0.400. The first-order valence-electron chi connectivity index (χ1n) is 7.31. The lowest BCUT2D eigenvalue weighted by Crippen LogP contribution is -2.32. The highest BCUT2D eigenvalue weighted by molar-refractivity contribution is 9.10. The molecule has 6 nitrogen and oxygen atoms in total. The Morgan fingerprint density at radius 3 is 3.13 bits per heavy atom. The third kappa shape index (κ3) is 4.79. The van der Waals surface area contributed by atoms with Crippen molar-refractivity contribution in [3.63, 3.8) is 0 Å². The van der Waals surface area contributed by atoms with E-state index in [0.29, 0.717) is 17.7 Å². The molecule has 1 aliphatic heterocycles. The second-order valence-electron chi connectivity index (χ2n) is 5.11. The first-order valence-corrected chi connectivity index (χ1v) is 9.09. The number of nitrogens with one attached hydrogen (secondary N) is 1. The number of nitrogens with zero attached hydrogens (tertiary/aromatic N) is 2. The van der Waals surface area contributed by atoms with Gasteiger partial charge in [-0.05, 0) is 31.0 Å². The Hall–Kier alpha value is -1.38. The third-order valence-corrected chi connectivity index (χ3v) is 4.67. The van der Waals surface area contributed by atoms with E-state index < -0.39 is 0 Å². The molecule has 2 aromatic rings. The molecule has 1 N–H and O–H groups in total. The number of rotatable bonds is 6. The Bertz CT molecular complexity index is 673. The van der Waals surface area contributed by atoms with Crippen LogP contribution in [0.4, 0.5) is 0 Å². The first kappa shape index (κ1) is 16.5. The summed E-state index contributed by atoms with van der Waals surface area (Å²) >= 11 is 4.63. The third-order valence-electron chi connectivity index (χ3n) is 3.36. The zero-order valence-corrected chi connectivity index (χ0v) is 14.7. The molecule has 2 heterocycles. The van der Waals surface area contributed by atoms with Gasteiger partial charge >= 0.3 is 0 Å². The van der Waals surface area contributed by atoms with E-state index in [0.717, 1.165) is 29.5 Å². The summed E-state index contributed by atoms with van der Waals surface area (Å²) in [6.45, 7) is 1.35. The van der Waals surface area contributed by atoms with Gasteiger partial charge in [-0.1, -0.05) is 33.8 Å². The van der Waals surface area contributed by atoms with Gasteiger partial charge in [0.2, 0.25) is 11.8 Å². The number of halogens is 1. The molecule has 0 saturated carbocycles. The number of aromatic nitrogens is 2. The molecule has 3 rings (SSSR count). The van der Waals surface area contributed by atoms with Crippen molar-refractivity contribution in [2.75, 3.05) is 18.9 Å². The summed E-state index contributed by atoms with van der Waals surface area (Å²) in [5, 5.41) is 11.2. The molecule has 0 bridgehead atoms. The van der Waals surface area contributed by atoms with E-state index >= 15 is 0 Å². The maximum atomic E-state index is 11.8. The van der Waals surface area contributed by atoms with Gasteiger partial charge in [0, 0.05) is 23.2 Å². The van der Waals surface area contributed by atoms with Crippen LogP contribution in [-0.4, -0.2) is 41.1 Å². The molecule has 1 saturated heterocycles. The zero-order valence-electron chi connectivity index (χ0n) is 12.3. The number of ether oxygens (including phenoxy) is 1. The molecule has 0 spiro atoms. The van der Waals surface area contributed by atoms with E-state index in [1.54, 1.807) is 0 Å². The summed E-state index contributed by atoms with van der Waals surface area (Å²) in [5.41, 5.74) is 0.835. The minimum atomic E-state index is -0.0623. The van der Waals surface area contributed by atoms with Crippen molar-refractivity contribution in [2.24, 2.45) is 0 Å². The molecular formula is C15H16BrN3O3S. The standard InChI is InChI=1S/C15H16BrN3O3S/c16-11-4-1-3-10(7-11)14-18-19-15(22-14)23-9-13(20)17-8-12-5-2-6-21-12/h1,3-4,7,12H,2,5-6,8-9H2,(H,17,20)/t12-/m0/s1. The Balaban J connectivity index is 1.48. The largest absolute Gasteiger partial charge is 0.411 e. The van der Waals surface area contributed by atoms with Gasteiger partial charge < -0.3 is 14.5 Å². The fourth-order valence-corrected chi connectivity index (χ4v) is 3.21. The van der Waals surface area contributed by atoms with Crippen LogP contribution in [0.3, 0.4) is 0 Å². The average Bonchev–Trinajstić information content (AvgIpc) is 3.22. The van der Waals surface area contributed by atoms with E-state index in [4.69, 9.17) is 9.15 Å². The Kier molecular flexibility index (Phi) is 5.69. The lowest BCUT2D eigenvalue weighted by molar-refractivity contribution is -0.119. The van der Waals surface area contributed by atoms with Crippen LogP contribution in [0.15, 0.2) is 38.4 Å². The van der Waals surface area contributed by atoms with Crippen molar-refractivity contribution >= 4 is 33.6 Å². The van der Waals surface area contributed by atoms with Gasteiger partial charge in [-0.2, -0.15) is 0 Å².